The van der Waals surface area contributed by atoms with Gasteiger partial charge in [-0.1, -0.05) is 0 Å². The Hall–Kier alpha value is -2.05. The molecule has 0 radical (unpaired) electrons. The Balaban J connectivity index is 2.26. The zero-order valence-corrected chi connectivity index (χ0v) is 10.1. The van der Waals surface area contributed by atoms with E-state index in [9.17, 15) is 22.8 Å². The molecule has 0 spiro atoms. The maximum absolute atomic E-state index is 13.5. The number of amides is 2. The minimum Gasteiger partial charge on any atom is -0.342 e. The van der Waals surface area contributed by atoms with Crippen LogP contribution in [0.25, 0.3) is 0 Å². The summed E-state index contributed by atoms with van der Waals surface area (Å²) in [5.41, 5.74) is -0.573. The molecule has 1 saturated heterocycles. The molecule has 1 aliphatic rings. The van der Waals surface area contributed by atoms with E-state index in [0.717, 1.165) is 11.0 Å². The minimum atomic E-state index is -1.69. The van der Waals surface area contributed by atoms with Gasteiger partial charge in [0.1, 0.15) is 6.54 Å². The van der Waals surface area contributed by atoms with Gasteiger partial charge in [0.05, 0.1) is 5.56 Å². The van der Waals surface area contributed by atoms with Crippen molar-refractivity contribution in [2.45, 2.75) is 0 Å². The van der Waals surface area contributed by atoms with Gasteiger partial charge in [0.15, 0.2) is 17.5 Å². The minimum absolute atomic E-state index is 0.201. The molecule has 1 aliphatic heterocycles. The molecule has 0 bridgehead atoms. The van der Waals surface area contributed by atoms with Gasteiger partial charge in [0, 0.05) is 20.1 Å². The van der Waals surface area contributed by atoms with E-state index >= 15 is 0 Å². The summed E-state index contributed by atoms with van der Waals surface area (Å²) in [5.74, 6) is -5.69. The predicted molar refractivity (Wildman–Crippen MR) is 59.9 cm³/mol. The van der Waals surface area contributed by atoms with Crippen molar-refractivity contribution in [3.8, 4) is 0 Å². The number of hydrogen-bond donors (Lipinski definition) is 0. The van der Waals surface area contributed by atoms with Crippen molar-refractivity contribution < 1.29 is 22.8 Å². The van der Waals surface area contributed by atoms with Crippen molar-refractivity contribution >= 4 is 11.8 Å². The Bertz CT molecular complexity index is 548. The SMILES string of the molecule is CN1CCN(C(=O)c2ccc(F)c(F)c2F)CC1=O. The number of carbonyl (C=O) groups is 2. The molecule has 0 unspecified atom stereocenters. The summed E-state index contributed by atoms with van der Waals surface area (Å²) in [6, 6.07) is 1.56. The predicted octanol–water partition coefficient (Wildman–Crippen LogP) is 1.02. The van der Waals surface area contributed by atoms with Gasteiger partial charge >= 0.3 is 0 Å². The molecule has 1 aromatic rings. The number of likely N-dealkylation sites (N-methyl/N-ethyl adjacent to an activating group) is 1. The summed E-state index contributed by atoms with van der Waals surface area (Å²) in [6.45, 7) is 0.336. The van der Waals surface area contributed by atoms with Crippen molar-refractivity contribution in [1.82, 2.24) is 9.80 Å². The number of benzene rings is 1. The molecule has 102 valence electrons. The molecule has 1 heterocycles. The fraction of sp³-hybridized carbons (Fsp3) is 0.333. The van der Waals surface area contributed by atoms with Gasteiger partial charge in [-0.25, -0.2) is 13.2 Å². The highest BCUT2D eigenvalue weighted by molar-refractivity contribution is 5.97. The van der Waals surface area contributed by atoms with E-state index in [0.29, 0.717) is 12.6 Å². The summed E-state index contributed by atoms with van der Waals surface area (Å²) in [5, 5.41) is 0. The maximum atomic E-state index is 13.5. The molecular formula is C12H11F3N2O2. The van der Waals surface area contributed by atoms with Gasteiger partial charge in [-0.2, -0.15) is 0 Å². The van der Waals surface area contributed by atoms with Crippen molar-refractivity contribution in [3.63, 3.8) is 0 Å². The second kappa shape index (κ2) is 4.91. The Morgan fingerprint density at radius 1 is 1.16 bits per heavy atom. The monoisotopic (exact) mass is 272 g/mol. The van der Waals surface area contributed by atoms with Crippen LogP contribution in [-0.4, -0.2) is 48.3 Å². The molecule has 1 fully saturated rings. The van der Waals surface area contributed by atoms with Crippen LogP contribution in [0.15, 0.2) is 12.1 Å². The fourth-order valence-corrected chi connectivity index (χ4v) is 1.79. The molecule has 19 heavy (non-hydrogen) atoms. The van der Waals surface area contributed by atoms with E-state index in [1.54, 1.807) is 7.05 Å². The average molecular weight is 272 g/mol. The van der Waals surface area contributed by atoms with Crippen molar-refractivity contribution in [2.75, 3.05) is 26.7 Å². The van der Waals surface area contributed by atoms with E-state index in [-0.39, 0.29) is 19.0 Å². The van der Waals surface area contributed by atoms with Crippen LogP contribution in [0.4, 0.5) is 13.2 Å². The van der Waals surface area contributed by atoms with Crippen LogP contribution in [-0.2, 0) is 4.79 Å². The molecular weight excluding hydrogens is 261 g/mol. The Kier molecular flexibility index (Phi) is 3.46. The van der Waals surface area contributed by atoms with E-state index in [1.807, 2.05) is 0 Å². The number of carbonyl (C=O) groups excluding carboxylic acids is 2. The summed E-state index contributed by atoms with van der Waals surface area (Å²) in [7, 11) is 1.59. The third kappa shape index (κ3) is 2.40. The lowest BCUT2D eigenvalue weighted by Crippen LogP contribution is -2.50. The van der Waals surface area contributed by atoms with Crippen molar-refractivity contribution in [3.05, 3.63) is 35.1 Å². The van der Waals surface area contributed by atoms with Gasteiger partial charge < -0.3 is 9.80 Å². The summed E-state index contributed by atoms with van der Waals surface area (Å²) >= 11 is 0. The van der Waals surface area contributed by atoms with Crippen LogP contribution < -0.4 is 0 Å². The summed E-state index contributed by atoms with van der Waals surface area (Å²) in [6.07, 6.45) is 0. The summed E-state index contributed by atoms with van der Waals surface area (Å²) < 4.78 is 39.3. The average Bonchev–Trinajstić information content (AvgIpc) is 2.39. The molecule has 0 aliphatic carbocycles. The van der Waals surface area contributed by atoms with Gasteiger partial charge in [0.25, 0.3) is 5.91 Å². The number of nitrogens with zero attached hydrogens (tertiary/aromatic N) is 2. The molecule has 0 aromatic heterocycles. The van der Waals surface area contributed by atoms with E-state index in [1.165, 1.54) is 4.90 Å². The molecule has 0 atom stereocenters. The number of piperazine rings is 1. The van der Waals surface area contributed by atoms with Crippen molar-refractivity contribution in [1.29, 1.82) is 0 Å². The first kappa shape index (κ1) is 13.4. The molecule has 2 amide bonds. The first-order valence-electron chi connectivity index (χ1n) is 5.58. The van der Waals surface area contributed by atoms with E-state index < -0.39 is 28.9 Å². The van der Waals surface area contributed by atoms with Gasteiger partial charge in [-0.15, -0.1) is 0 Å². The Morgan fingerprint density at radius 3 is 2.47 bits per heavy atom. The number of halogens is 3. The van der Waals surface area contributed by atoms with Crippen LogP contribution in [0.1, 0.15) is 10.4 Å². The van der Waals surface area contributed by atoms with E-state index in [4.69, 9.17) is 0 Å². The maximum Gasteiger partial charge on any atom is 0.257 e. The second-order valence-corrected chi connectivity index (χ2v) is 4.26. The molecule has 4 nitrogen and oxygen atoms in total. The first-order valence-corrected chi connectivity index (χ1v) is 5.58. The van der Waals surface area contributed by atoms with Crippen LogP contribution in [0.2, 0.25) is 0 Å². The molecule has 0 N–H and O–H groups in total. The smallest absolute Gasteiger partial charge is 0.257 e. The quantitative estimate of drug-likeness (QED) is 0.716. The molecule has 2 rings (SSSR count). The lowest BCUT2D eigenvalue weighted by molar-refractivity contribution is -0.133. The highest BCUT2D eigenvalue weighted by atomic mass is 19.2. The Labute approximate surface area is 107 Å². The van der Waals surface area contributed by atoms with Gasteiger partial charge in [-0.3, -0.25) is 9.59 Å². The third-order valence-electron chi connectivity index (χ3n) is 3.01. The molecule has 7 heteroatoms. The van der Waals surface area contributed by atoms with Crippen LogP contribution in [0, 0.1) is 17.5 Å². The summed E-state index contributed by atoms with van der Waals surface area (Å²) in [4.78, 5) is 26.0. The number of hydrogen-bond acceptors (Lipinski definition) is 2. The lowest BCUT2D eigenvalue weighted by atomic mass is 10.1. The zero-order chi connectivity index (χ0) is 14.2. The Morgan fingerprint density at radius 2 is 1.84 bits per heavy atom. The molecule has 1 aromatic carbocycles. The zero-order valence-electron chi connectivity index (χ0n) is 10.1. The third-order valence-corrected chi connectivity index (χ3v) is 3.01. The van der Waals surface area contributed by atoms with E-state index in [2.05, 4.69) is 0 Å². The second-order valence-electron chi connectivity index (χ2n) is 4.26. The lowest BCUT2D eigenvalue weighted by Gasteiger charge is -2.32. The van der Waals surface area contributed by atoms with Gasteiger partial charge in [-0.05, 0) is 12.1 Å². The molecule has 0 saturated carbocycles. The standard InChI is InChI=1S/C12H11F3N2O2/c1-16-4-5-17(6-9(16)18)12(19)7-2-3-8(13)11(15)10(7)14/h2-3H,4-6H2,1H3. The van der Waals surface area contributed by atoms with Gasteiger partial charge in [0.2, 0.25) is 5.91 Å². The van der Waals surface area contributed by atoms with Crippen LogP contribution >= 0.6 is 0 Å². The fourth-order valence-electron chi connectivity index (χ4n) is 1.79. The normalized spacial score (nSPS) is 15.9. The highest BCUT2D eigenvalue weighted by Gasteiger charge is 2.28. The van der Waals surface area contributed by atoms with Crippen LogP contribution in [0.3, 0.4) is 0 Å². The largest absolute Gasteiger partial charge is 0.342 e. The van der Waals surface area contributed by atoms with Crippen LogP contribution in [0.5, 0.6) is 0 Å². The first-order chi connectivity index (χ1) is 8.91. The topological polar surface area (TPSA) is 40.6 Å². The van der Waals surface area contributed by atoms with Crippen molar-refractivity contribution in [2.24, 2.45) is 0 Å². The highest BCUT2D eigenvalue weighted by Crippen LogP contribution is 2.17. The number of rotatable bonds is 1.